The number of hydrogen-bond acceptors (Lipinski definition) is 3. The Bertz CT molecular complexity index is 922. The third-order valence-electron chi connectivity index (χ3n) is 5.99. The number of benzene rings is 2. The van der Waals surface area contributed by atoms with Gasteiger partial charge in [-0.3, -0.25) is 4.79 Å². The van der Waals surface area contributed by atoms with Gasteiger partial charge in [0.15, 0.2) is 0 Å². The fourth-order valence-corrected chi connectivity index (χ4v) is 6.31. The van der Waals surface area contributed by atoms with Crippen LogP contribution in [0.3, 0.4) is 0 Å². The molecule has 2 fully saturated rings. The van der Waals surface area contributed by atoms with E-state index in [0.29, 0.717) is 17.9 Å². The number of rotatable bonds is 3. The molecule has 5 heteroatoms. The van der Waals surface area contributed by atoms with E-state index in [2.05, 4.69) is 0 Å². The van der Waals surface area contributed by atoms with Crippen LogP contribution < -0.4 is 0 Å². The highest BCUT2D eigenvalue weighted by Gasteiger charge is 2.50. The molecule has 1 saturated heterocycles. The number of carbonyl (C=O) groups is 1. The summed E-state index contributed by atoms with van der Waals surface area (Å²) in [7, 11) is -3.63. The highest BCUT2D eigenvalue weighted by atomic mass is 32.2. The van der Waals surface area contributed by atoms with Crippen molar-refractivity contribution in [2.24, 2.45) is 5.92 Å². The zero-order valence-electron chi connectivity index (χ0n) is 15.5. The average molecular weight is 384 g/mol. The Labute approximate surface area is 161 Å². The summed E-state index contributed by atoms with van der Waals surface area (Å²) >= 11 is 0. The molecule has 0 spiro atoms. The molecule has 4 nitrogen and oxygen atoms in total. The van der Waals surface area contributed by atoms with Crippen molar-refractivity contribution in [1.82, 2.24) is 4.31 Å². The first-order valence-electron chi connectivity index (χ1n) is 9.64. The maximum atomic E-state index is 13.4. The van der Waals surface area contributed by atoms with Crippen LogP contribution >= 0.6 is 0 Å². The summed E-state index contributed by atoms with van der Waals surface area (Å²) < 4.78 is 28.4. The second kappa shape index (κ2) is 7.21. The number of sulfonamides is 1. The minimum absolute atomic E-state index is 0.0676. The topological polar surface area (TPSA) is 54.5 Å². The van der Waals surface area contributed by atoms with Crippen molar-refractivity contribution in [3.8, 4) is 0 Å². The summed E-state index contributed by atoms with van der Waals surface area (Å²) in [6, 6.07) is 16.7. The van der Waals surface area contributed by atoms with E-state index in [1.807, 2.05) is 49.4 Å². The first kappa shape index (κ1) is 18.4. The lowest BCUT2D eigenvalue weighted by molar-refractivity contribution is -0.123. The summed E-state index contributed by atoms with van der Waals surface area (Å²) in [5.41, 5.74) is 2.09. The van der Waals surface area contributed by atoms with Gasteiger partial charge in [-0.25, -0.2) is 8.42 Å². The summed E-state index contributed by atoms with van der Waals surface area (Å²) in [6.45, 7) is 2.32. The molecule has 0 aromatic heterocycles. The second-order valence-electron chi connectivity index (χ2n) is 7.71. The van der Waals surface area contributed by atoms with Crippen LogP contribution in [0.5, 0.6) is 0 Å². The molecule has 2 aromatic rings. The zero-order chi connectivity index (χ0) is 19.0. The van der Waals surface area contributed by atoms with Crippen LogP contribution in [-0.2, 0) is 14.8 Å². The molecule has 3 atom stereocenters. The first-order valence-corrected chi connectivity index (χ1v) is 11.1. The Hall–Kier alpha value is -1.98. The fraction of sp³-hybridized carbons (Fsp3) is 0.409. The van der Waals surface area contributed by atoms with Gasteiger partial charge in [-0.1, -0.05) is 54.4 Å². The van der Waals surface area contributed by atoms with Gasteiger partial charge in [-0.15, -0.1) is 0 Å². The first-order chi connectivity index (χ1) is 13.0. The van der Waals surface area contributed by atoms with Gasteiger partial charge >= 0.3 is 0 Å². The Morgan fingerprint density at radius 3 is 2.37 bits per heavy atom. The number of Topliss-reactive ketones (excluding diaryl/α,β-unsaturated/α-hetero) is 1. The van der Waals surface area contributed by atoms with Gasteiger partial charge in [0.2, 0.25) is 10.0 Å². The Kier molecular flexibility index (Phi) is 4.91. The van der Waals surface area contributed by atoms with Gasteiger partial charge in [0, 0.05) is 30.8 Å². The van der Waals surface area contributed by atoms with E-state index in [1.54, 1.807) is 16.4 Å². The van der Waals surface area contributed by atoms with E-state index in [4.69, 9.17) is 0 Å². The van der Waals surface area contributed by atoms with Crippen molar-refractivity contribution in [2.45, 2.75) is 49.5 Å². The lowest BCUT2D eigenvalue weighted by Crippen LogP contribution is -2.39. The van der Waals surface area contributed by atoms with E-state index < -0.39 is 10.0 Å². The monoisotopic (exact) mass is 383 g/mol. The highest BCUT2D eigenvalue weighted by molar-refractivity contribution is 7.89. The predicted molar refractivity (Wildman–Crippen MR) is 105 cm³/mol. The molecule has 2 aliphatic rings. The second-order valence-corrected chi connectivity index (χ2v) is 9.60. The summed E-state index contributed by atoms with van der Waals surface area (Å²) in [4.78, 5) is 13.2. The molecular formula is C22H25NO3S. The van der Waals surface area contributed by atoms with Crippen molar-refractivity contribution >= 4 is 15.8 Å². The van der Waals surface area contributed by atoms with E-state index in [1.165, 1.54) is 0 Å². The van der Waals surface area contributed by atoms with Gasteiger partial charge in [0.25, 0.3) is 0 Å². The molecule has 1 saturated carbocycles. The van der Waals surface area contributed by atoms with Gasteiger partial charge in [-0.05, 0) is 37.5 Å². The van der Waals surface area contributed by atoms with Crippen LogP contribution in [-0.4, -0.2) is 31.1 Å². The van der Waals surface area contributed by atoms with E-state index in [9.17, 15) is 13.2 Å². The Morgan fingerprint density at radius 2 is 1.67 bits per heavy atom. The molecule has 0 N–H and O–H groups in total. The summed E-state index contributed by atoms with van der Waals surface area (Å²) in [5, 5.41) is 0. The third-order valence-corrected chi connectivity index (χ3v) is 7.90. The number of hydrogen-bond donors (Lipinski definition) is 0. The van der Waals surface area contributed by atoms with Gasteiger partial charge in [-0.2, -0.15) is 4.31 Å². The third kappa shape index (κ3) is 3.34. The number of ketones is 1. The van der Waals surface area contributed by atoms with Crippen LogP contribution in [0.4, 0.5) is 0 Å². The zero-order valence-corrected chi connectivity index (χ0v) is 16.4. The van der Waals surface area contributed by atoms with Crippen molar-refractivity contribution in [1.29, 1.82) is 0 Å². The van der Waals surface area contributed by atoms with E-state index in [0.717, 1.165) is 30.4 Å². The normalized spacial score (nSPS) is 26.6. The van der Waals surface area contributed by atoms with Crippen LogP contribution in [0.2, 0.25) is 0 Å². The molecule has 4 rings (SSSR count). The molecular weight excluding hydrogens is 358 g/mol. The van der Waals surface area contributed by atoms with Crippen molar-refractivity contribution in [3.05, 3.63) is 65.7 Å². The van der Waals surface area contributed by atoms with Crippen LogP contribution in [0.15, 0.2) is 59.5 Å². The van der Waals surface area contributed by atoms with E-state index in [-0.39, 0.29) is 23.7 Å². The number of nitrogens with zero attached hydrogens (tertiary/aromatic N) is 1. The SMILES string of the molecule is Cc1ccc(S(=O)(=O)N2C[C@H](c3ccccc3)[C@H]3C(=O)CCCC[C@H]32)cc1. The molecule has 142 valence electrons. The molecule has 0 radical (unpaired) electrons. The number of fused-ring (bicyclic) bond motifs is 1. The lowest BCUT2D eigenvalue weighted by Gasteiger charge is -2.26. The van der Waals surface area contributed by atoms with Gasteiger partial charge in [0.1, 0.15) is 5.78 Å². The van der Waals surface area contributed by atoms with Crippen molar-refractivity contribution in [3.63, 3.8) is 0 Å². The summed E-state index contributed by atoms with van der Waals surface area (Å²) in [6.07, 6.45) is 3.06. The average Bonchev–Trinajstić information content (AvgIpc) is 2.97. The Balaban J connectivity index is 1.76. The minimum atomic E-state index is -3.63. The molecule has 0 unspecified atom stereocenters. The van der Waals surface area contributed by atoms with E-state index >= 15 is 0 Å². The largest absolute Gasteiger partial charge is 0.299 e. The smallest absolute Gasteiger partial charge is 0.243 e. The maximum absolute atomic E-state index is 13.4. The van der Waals surface area contributed by atoms with Gasteiger partial charge < -0.3 is 0 Å². The molecule has 0 bridgehead atoms. The molecule has 0 amide bonds. The highest BCUT2D eigenvalue weighted by Crippen LogP contribution is 2.44. The Morgan fingerprint density at radius 1 is 0.963 bits per heavy atom. The van der Waals surface area contributed by atoms with Crippen LogP contribution in [0.1, 0.15) is 42.7 Å². The molecule has 27 heavy (non-hydrogen) atoms. The quantitative estimate of drug-likeness (QED) is 0.807. The summed E-state index contributed by atoms with van der Waals surface area (Å²) in [5.74, 6) is -0.0925. The number of carbonyl (C=O) groups excluding carboxylic acids is 1. The fourth-order valence-electron chi connectivity index (χ4n) is 4.61. The molecule has 1 aliphatic carbocycles. The van der Waals surface area contributed by atoms with Gasteiger partial charge in [0.05, 0.1) is 4.90 Å². The minimum Gasteiger partial charge on any atom is -0.299 e. The molecule has 1 heterocycles. The predicted octanol–water partition coefficient (Wildman–Crippen LogP) is 3.91. The standard InChI is InChI=1S/C22H25NO3S/c1-16-11-13-18(14-12-16)27(25,26)23-15-19(17-7-3-2-4-8-17)22-20(23)9-5-6-10-21(22)24/h2-4,7-8,11-14,19-20,22H,5-6,9-10,15H2,1H3/t19-,20-,22-/m1/s1. The number of aryl methyl sites for hydroxylation is 1. The molecule has 1 aliphatic heterocycles. The van der Waals surface area contributed by atoms with Crippen molar-refractivity contribution < 1.29 is 13.2 Å². The molecule has 2 aromatic carbocycles. The van der Waals surface area contributed by atoms with Crippen LogP contribution in [0, 0.1) is 12.8 Å². The van der Waals surface area contributed by atoms with Crippen LogP contribution in [0.25, 0.3) is 0 Å². The lowest BCUT2D eigenvalue weighted by atomic mass is 9.82. The van der Waals surface area contributed by atoms with Crippen molar-refractivity contribution in [2.75, 3.05) is 6.54 Å². The maximum Gasteiger partial charge on any atom is 0.243 e.